The summed E-state index contributed by atoms with van der Waals surface area (Å²) in [4.78, 5) is 33.4. The van der Waals surface area contributed by atoms with Crippen LogP contribution in [0.3, 0.4) is 0 Å². The lowest BCUT2D eigenvalue weighted by molar-refractivity contribution is -0.158. The fourth-order valence-corrected chi connectivity index (χ4v) is 3.72. The van der Waals surface area contributed by atoms with Gasteiger partial charge in [-0.25, -0.2) is 9.59 Å². The lowest BCUT2D eigenvalue weighted by atomic mass is 9.79. The molecular weight excluding hydrogens is 422 g/mol. The molecule has 0 saturated heterocycles. The van der Waals surface area contributed by atoms with Gasteiger partial charge >= 0.3 is 12.1 Å². The van der Waals surface area contributed by atoms with E-state index in [2.05, 4.69) is 5.32 Å². The Morgan fingerprint density at radius 2 is 1.70 bits per heavy atom. The van der Waals surface area contributed by atoms with Crippen LogP contribution in [0.15, 0.2) is 0 Å². The molecule has 0 rings (SSSR count). The first-order chi connectivity index (χ1) is 13.8. The van der Waals surface area contributed by atoms with Gasteiger partial charge in [0.1, 0.15) is 0 Å². The smallest absolute Gasteiger partial charge is 0.479 e. The monoisotopic (exact) mass is 455 g/mol. The average molecular weight is 456 g/mol. The number of carbonyl (C=O) groups is 3. The normalized spacial score (nSPS) is 13.9. The van der Waals surface area contributed by atoms with E-state index in [0.29, 0.717) is 6.42 Å². The van der Waals surface area contributed by atoms with Crippen molar-refractivity contribution in [3.05, 3.63) is 0 Å². The molecule has 0 spiro atoms. The van der Waals surface area contributed by atoms with Gasteiger partial charge < -0.3 is 25.0 Å². The fraction of sp³-hybridized carbons (Fsp3) is 0.833. The minimum Gasteiger partial charge on any atom is -0.479 e. The largest absolute Gasteiger partial charge is 0.508 e. The molecule has 3 N–H and O–H groups in total. The Hall–Kier alpha value is -1.92. The van der Waals surface area contributed by atoms with Gasteiger partial charge in [-0.2, -0.15) is 8.42 Å². The third-order valence-corrected chi connectivity index (χ3v) is 5.55. The highest BCUT2D eigenvalue weighted by Crippen LogP contribution is 2.32. The van der Waals surface area contributed by atoms with E-state index in [1.165, 1.54) is 20.8 Å². The van der Waals surface area contributed by atoms with Crippen molar-refractivity contribution in [1.82, 2.24) is 5.32 Å². The molecule has 0 saturated carbocycles. The molecule has 0 fully saturated rings. The maximum atomic E-state index is 12.3. The van der Waals surface area contributed by atoms with E-state index in [1.807, 2.05) is 6.92 Å². The summed E-state index contributed by atoms with van der Waals surface area (Å²) >= 11 is 0. The van der Waals surface area contributed by atoms with Gasteiger partial charge in [0.25, 0.3) is 10.1 Å². The van der Waals surface area contributed by atoms with Crippen LogP contribution in [0.1, 0.15) is 53.4 Å². The Kier molecular flexibility index (Phi) is 12.5. The maximum Gasteiger partial charge on any atom is 0.508 e. The predicted octanol–water partition coefficient (Wildman–Crippen LogP) is 1.04. The molecule has 2 atom stereocenters. The number of carbonyl (C=O) groups excluding carboxylic acids is 2. The van der Waals surface area contributed by atoms with Crippen LogP contribution in [0.25, 0.3) is 0 Å². The number of hydrogen-bond acceptors (Lipinski definition) is 9. The second-order valence-electron chi connectivity index (χ2n) is 7.33. The zero-order valence-corrected chi connectivity index (χ0v) is 18.7. The van der Waals surface area contributed by atoms with Gasteiger partial charge in [0.2, 0.25) is 5.91 Å². The predicted molar refractivity (Wildman–Crippen MR) is 106 cm³/mol. The summed E-state index contributed by atoms with van der Waals surface area (Å²) in [5, 5.41) is 21.6. The molecule has 0 aromatic rings. The Bertz CT molecular complexity index is 662. The van der Waals surface area contributed by atoms with Gasteiger partial charge in [0.15, 0.2) is 6.10 Å². The van der Waals surface area contributed by atoms with Crippen molar-refractivity contribution in [1.29, 1.82) is 0 Å². The molecule has 0 aliphatic rings. The van der Waals surface area contributed by atoms with Crippen LogP contribution in [0.2, 0.25) is 0 Å². The zero-order valence-electron chi connectivity index (χ0n) is 17.9. The molecule has 1 unspecified atom stereocenters. The highest BCUT2D eigenvalue weighted by Gasteiger charge is 2.43. The van der Waals surface area contributed by atoms with Gasteiger partial charge in [0, 0.05) is 18.9 Å². The van der Waals surface area contributed by atoms with Gasteiger partial charge in [-0.3, -0.25) is 8.98 Å². The molecule has 0 aliphatic carbocycles. The lowest BCUT2D eigenvalue weighted by Gasteiger charge is -2.35. The van der Waals surface area contributed by atoms with Crippen LogP contribution < -0.4 is 5.32 Å². The number of aliphatic hydroxyl groups is 1. The molecule has 0 radical (unpaired) electrons. The first-order valence-electron chi connectivity index (χ1n) is 9.69. The molecule has 176 valence electrons. The van der Waals surface area contributed by atoms with Crippen molar-refractivity contribution in [3.63, 3.8) is 0 Å². The molecule has 1 amide bonds. The SMILES string of the molecule is CCCOC(=O)OCCCC(OS(=O)(=O)CCCNC(C)=O)C(C)(C)[C@@H](O)C(=O)O. The first kappa shape index (κ1) is 28.1. The van der Waals surface area contributed by atoms with E-state index >= 15 is 0 Å². The third-order valence-electron chi connectivity index (χ3n) is 4.23. The topological polar surface area (TPSA) is 166 Å². The van der Waals surface area contributed by atoms with E-state index in [1.54, 1.807) is 0 Å². The molecule has 0 bridgehead atoms. The minimum atomic E-state index is -4.07. The summed E-state index contributed by atoms with van der Waals surface area (Å²) in [5.74, 6) is -2.21. The molecule has 0 aromatic heterocycles. The number of ether oxygens (including phenoxy) is 2. The van der Waals surface area contributed by atoms with Crippen LogP contribution in [0, 0.1) is 5.41 Å². The number of rotatable bonds is 15. The number of carboxylic acids is 1. The van der Waals surface area contributed by atoms with Gasteiger partial charge in [-0.05, 0) is 25.7 Å². The molecule has 11 nitrogen and oxygen atoms in total. The fourth-order valence-electron chi connectivity index (χ4n) is 2.43. The van der Waals surface area contributed by atoms with Crippen LogP contribution in [-0.2, 0) is 33.4 Å². The summed E-state index contributed by atoms with van der Waals surface area (Å²) in [6.07, 6.45) is -3.04. The first-order valence-corrected chi connectivity index (χ1v) is 11.3. The second kappa shape index (κ2) is 13.4. The summed E-state index contributed by atoms with van der Waals surface area (Å²) < 4.78 is 39.5. The molecular formula is C18H33NO10S. The number of aliphatic carboxylic acids is 1. The summed E-state index contributed by atoms with van der Waals surface area (Å²) in [7, 11) is -4.07. The average Bonchev–Trinajstić information content (AvgIpc) is 2.64. The van der Waals surface area contributed by atoms with E-state index in [-0.39, 0.29) is 44.9 Å². The van der Waals surface area contributed by atoms with Gasteiger partial charge in [-0.1, -0.05) is 20.8 Å². The third kappa shape index (κ3) is 11.3. The quantitative estimate of drug-likeness (QED) is 0.184. The number of aliphatic hydroxyl groups excluding tert-OH is 1. The van der Waals surface area contributed by atoms with Crippen LogP contribution in [0.4, 0.5) is 4.79 Å². The van der Waals surface area contributed by atoms with Gasteiger partial charge in [-0.15, -0.1) is 0 Å². The van der Waals surface area contributed by atoms with Crippen LogP contribution >= 0.6 is 0 Å². The van der Waals surface area contributed by atoms with E-state index < -0.39 is 45.6 Å². The van der Waals surface area contributed by atoms with E-state index in [0.717, 1.165) is 0 Å². The summed E-state index contributed by atoms with van der Waals surface area (Å²) in [5.41, 5.74) is -1.46. The number of hydrogen-bond donors (Lipinski definition) is 3. The molecule has 0 aromatic carbocycles. The Morgan fingerprint density at radius 1 is 1.10 bits per heavy atom. The Balaban J connectivity index is 5.01. The van der Waals surface area contributed by atoms with Crippen molar-refractivity contribution in [3.8, 4) is 0 Å². The van der Waals surface area contributed by atoms with Crippen molar-refractivity contribution < 1.29 is 46.7 Å². The number of carboxylic acid groups (broad SMARTS) is 1. The maximum absolute atomic E-state index is 12.3. The van der Waals surface area contributed by atoms with Crippen molar-refractivity contribution in [2.45, 2.75) is 65.6 Å². The van der Waals surface area contributed by atoms with Crippen molar-refractivity contribution in [2.75, 3.05) is 25.5 Å². The number of amides is 1. The zero-order chi connectivity index (χ0) is 23.4. The molecule has 0 heterocycles. The molecule has 0 aliphatic heterocycles. The van der Waals surface area contributed by atoms with E-state index in [4.69, 9.17) is 18.8 Å². The van der Waals surface area contributed by atoms with Crippen molar-refractivity contribution in [2.24, 2.45) is 5.41 Å². The summed E-state index contributed by atoms with van der Waals surface area (Å²) in [6, 6.07) is 0. The Labute approximate surface area is 177 Å². The van der Waals surface area contributed by atoms with Gasteiger partial charge in [0.05, 0.1) is 25.1 Å². The van der Waals surface area contributed by atoms with Crippen LogP contribution in [-0.4, -0.2) is 74.4 Å². The molecule has 30 heavy (non-hydrogen) atoms. The van der Waals surface area contributed by atoms with E-state index in [9.17, 15) is 27.9 Å². The number of nitrogens with one attached hydrogen (secondary N) is 1. The minimum absolute atomic E-state index is 0.00330. The highest BCUT2D eigenvalue weighted by molar-refractivity contribution is 7.86. The van der Waals surface area contributed by atoms with Crippen molar-refractivity contribution >= 4 is 28.1 Å². The highest BCUT2D eigenvalue weighted by atomic mass is 32.2. The lowest BCUT2D eigenvalue weighted by Crippen LogP contribution is -2.47. The second-order valence-corrected chi connectivity index (χ2v) is 9.05. The van der Waals surface area contributed by atoms with Crippen LogP contribution in [0.5, 0.6) is 0 Å². The molecule has 12 heteroatoms. The standard InChI is InChI=1S/C18H33NO10S/c1-5-10-27-17(24)28-11-6-8-14(18(3,4)15(21)16(22)23)29-30(25,26)12-7-9-19-13(2)20/h14-15,21H,5-12H2,1-4H3,(H,19,20)(H,22,23)/t14?,15-/m0/s1. The summed E-state index contributed by atoms with van der Waals surface area (Å²) in [6.45, 7) is 6.12. The Morgan fingerprint density at radius 3 is 2.23 bits per heavy atom.